The van der Waals surface area contributed by atoms with Crippen LogP contribution in [0.15, 0.2) is 29.2 Å². The summed E-state index contributed by atoms with van der Waals surface area (Å²) in [6.45, 7) is 4.94. The second-order valence-corrected chi connectivity index (χ2v) is 8.07. The van der Waals surface area contributed by atoms with Crippen molar-refractivity contribution in [3.63, 3.8) is 0 Å². The molecule has 25 heavy (non-hydrogen) atoms. The summed E-state index contributed by atoms with van der Waals surface area (Å²) in [5, 5.41) is 2.82. The number of hydrogen-bond donors (Lipinski definition) is 2. The van der Waals surface area contributed by atoms with Gasteiger partial charge in [0.1, 0.15) is 13.1 Å². The number of morpholine rings is 2. The Labute approximate surface area is 147 Å². The number of carbonyl (C=O) groups is 1. The fourth-order valence-corrected chi connectivity index (χ4v) is 4.32. The Kier molecular flexibility index (Phi) is 6.02. The van der Waals surface area contributed by atoms with Gasteiger partial charge in [-0.05, 0) is 24.3 Å². The largest absolute Gasteiger partial charge is 0.379 e. The lowest BCUT2D eigenvalue weighted by Crippen LogP contribution is -3.15. The lowest BCUT2D eigenvalue weighted by Gasteiger charge is -2.26. The third-order valence-corrected chi connectivity index (χ3v) is 6.27. The highest BCUT2D eigenvalue weighted by Crippen LogP contribution is 2.19. The number of nitrogens with one attached hydrogen (secondary N) is 2. The average Bonchev–Trinajstić information content (AvgIpc) is 2.63. The molecule has 138 valence electrons. The van der Waals surface area contributed by atoms with Crippen molar-refractivity contribution in [2.75, 3.05) is 64.5 Å². The lowest BCUT2D eigenvalue weighted by atomic mass is 10.3. The van der Waals surface area contributed by atoms with Crippen LogP contribution in [-0.4, -0.2) is 77.8 Å². The Balaban J connectivity index is 1.58. The molecule has 9 heteroatoms. The molecular formula is C16H24N3O5S+. The molecular weight excluding hydrogens is 346 g/mol. The van der Waals surface area contributed by atoms with E-state index in [0.717, 1.165) is 13.1 Å². The molecule has 2 fully saturated rings. The first-order valence-corrected chi connectivity index (χ1v) is 9.89. The number of hydrogen-bond acceptors (Lipinski definition) is 5. The first-order chi connectivity index (χ1) is 12.1. The summed E-state index contributed by atoms with van der Waals surface area (Å²) in [6, 6.07) is 6.31. The normalized spacial score (nSPS) is 20.3. The molecule has 2 saturated heterocycles. The van der Waals surface area contributed by atoms with Gasteiger partial charge in [-0.25, -0.2) is 8.42 Å². The zero-order valence-electron chi connectivity index (χ0n) is 14.1. The molecule has 1 aromatic carbocycles. The van der Waals surface area contributed by atoms with Gasteiger partial charge < -0.3 is 19.7 Å². The highest BCUT2D eigenvalue weighted by Gasteiger charge is 2.26. The van der Waals surface area contributed by atoms with Crippen LogP contribution in [0.1, 0.15) is 0 Å². The quantitative estimate of drug-likeness (QED) is 0.663. The van der Waals surface area contributed by atoms with E-state index in [1.54, 1.807) is 12.1 Å². The highest BCUT2D eigenvalue weighted by atomic mass is 32.2. The minimum absolute atomic E-state index is 0.0827. The molecule has 1 aromatic rings. The Bertz CT molecular complexity index is 680. The zero-order valence-corrected chi connectivity index (χ0v) is 14.9. The maximum Gasteiger partial charge on any atom is 0.279 e. The van der Waals surface area contributed by atoms with Crippen LogP contribution in [0.4, 0.5) is 5.69 Å². The van der Waals surface area contributed by atoms with E-state index in [0.29, 0.717) is 51.7 Å². The van der Waals surface area contributed by atoms with Gasteiger partial charge in [-0.15, -0.1) is 0 Å². The van der Waals surface area contributed by atoms with Gasteiger partial charge in [0, 0.05) is 18.8 Å². The Hall–Kier alpha value is -1.52. The lowest BCUT2D eigenvalue weighted by molar-refractivity contribution is -0.899. The van der Waals surface area contributed by atoms with Crippen LogP contribution in [0.2, 0.25) is 0 Å². The Morgan fingerprint density at radius 2 is 1.64 bits per heavy atom. The van der Waals surface area contributed by atoms with Gasteiger partial charge in [0.25, 0.3) is 5.91 Å². The van der Waals surface area contributed by atoms with Crippen molar-refractivity contribution in [3.8, 4) is 0 Å². The molecule has 8 nitrogen and oxygen atoms in total. The molecule has 2 aliphatic rings. The molecule has 2 aliphatic heterocycles. The van der Waals surface area contributed by atoms with E-state index in [9.17, 15) is 13.2 Å². The van der Waals surface area contributed by atoms with Crippen LogP contribution in [-0.2, 0) is 24.3 Å². The fraction of sp³-hybridized carbons (Fsp3) is 0.562. The second-order valence-electron chi connectivity index (χ2n) is 6.13. The molecule has 0 radical (unpaired) electrons. The van der Waals surface area contributed by atoms with E-state index in [1.807, 2.05) is 0 Å². The van der Waals surface area contributed by atoms with Gasteiger partial charge >= 0.3 is 0 Å². The molecule has 0 spiro atoms. The molecule has 2 heterocycles. The molecule has 0 unspecified atom stereocenters. The number of carbonyl (C=O) groups excluding carboxylic acids is 1. The summed E-state index contributed by atoms with van der Waals surface area (Å²) in [4.78, 5) is 13.5. The Morgan fingerprint density at radius 3 is 2.28 bits per heavy atom. The van der Waals surface area contributed by atoms with Crippen LogP contribution in [0, 0.1) is 0 Å². The zero-order chi connectivity index (χ0) is 17.7. The van der Waals surface area contributed by atoms with E-state index in [1.165, 1.54) is 21.3 Å². The number of benzene rings is 1. The van der Waals surface area contributed by atoms with E-state index in [-0.39, 0.29) is 10.8 Å². The minimum atomic E-state index is -3.51. The van der Waals surface area contributed by atoms with Crippen molar-refractivity contribution >= 4 is 21.6 Å². The molecule has 0 aromatic heterocycles. The third-order valence-electron chi connectivity index (χ3n) is 4.36. The second kappa shape index (κ2) is 8.24. The topological polar surface area (TPSA) is 89.4 Å². The number of nitrogens with zero attached hydrogens (tertiary/aromatic N) is 1. The standard InChI is InChI=1S/C16H23N3O5S/c20-16(13-18-5-9-23-10-6-18)17-14-1-3-15(4-2-14)25(21,22)19-7-11-24-12-8-19/h1-4H,5-13H2,(H,17,20)/p+1. The summed E-state index contributed by atoms with van der Waals surface area (Å²) in [6.07, 6.45) is 0. The molecule has 2 N–H and O–H groups in total. The number of ether oxygens (including phenoxy) is 2. The van der Waals surface area contributed by atoms with E-state index >= 15 is 0 Å². The van der Waals surface area contributed by atoms with Gasteiger partial charge in [0.05, 0.1) is 31.3 Å². The first kappa shape index (κ1) is 18.3. The average molecular weight is 370 g/mol. The maximum absolute atomic E-state index is 12.6. The predicted octanol–water partition coefficient (Wildman–Crippen LogP) is -1.44. The van der Waals surface area contributed by atoms with Crippen LogP contribution >= 0.6 is 0 Å². The third kappa shape index (κ3) is 4.77. The smallest absolute Gasteiger partial charge is 0.279 e. The highest BCUT2D eigenvalue weighted by molar-refractivity contribution is 7.89. The summed E-state index contributed by atoms with van der Waals surface area (Å²) in [7, 11) is -3.51. The molecule has 0 atom stereocenters. The van der Waals surface area contributed by atoms with E-state index < -0.39 is 10.0 Å². The van der Waals surface area contributed by atoms with E-state index in [2.05, 4.69) is 5.32 Å². The summed E-state index contributed by atoms with van der Waals surface area (Å²) in [5.41, 5.74) is 0.596. The first-order valence-electron chi connectivity index (χ1n) is 8.45. The van der Waals surface area contributed by atoms with Crippen molar-refractivity contribution in [3.05, 3.63) is 24.3 Å². The molecule has 3 rings (SSSR count). The fourth-order valence-electron chi connectivity index (χ4n) is 2.92. The SMILES string of the molecule is O=C(C[NH+]1CCOCC1)Nc1ccc(S(=O)(=O)N2CCOCC2)cc1. The molecule has 0 bridgehead atoms. The predicted molar refractivity (Wildman–Crippen MR) is 91.0 cm³/mol. The maximum atomic E-state index is 12.6. The van der Waals surface area contributed by atoms with Gasteiger partial charge in [-0.2, -0.15) is 4.31 Å². The van der Waals surface area contributed by atoms with Crippen molar-refractivity contribution in [1.82, 2.24) is 4.31 Å². The molecule has 0 saturated carbocycles. The van der Waals surface area contributed by atoms with Crippen LogP contribution in [0.3, 0.4) is 0 Å². The van der Waals surface area contributed by atoms with Gasteiger partial charge in [0.2, 0.25) is 10.0 Å². The van der Waals surface area contributed by atoms with Gasteiger partial charge in [-0.1, -0.05) is 0 Å². The van der Waals surface area contributed by atoms with Crippen LogP contribution < -0.4 is 10.2 Å². The summed E-state index contributed by atoms with van der Waals surface area (Å²) in [5.74, 6) is -0.0827. The molecule has 0 aliphatic carbocycles. The summed E-state index contributed by atoms with van der Waals surface area (Å²) >= 11 is 0. The minimum Gasteiger partial charge on any atom is -0.379 e. The van der Waals surface area contributed by atoms with Crippen molar-refractivity contribution < 1.29 is 27.6 Å². The van der Waals surface area contributed by atoms with Crippen LogP contribution in [0.5, 0.6) is 0 Å². The number of sulfonamides is 1. The number of quaternary nitrogens is 1. The van der Waals surface area contributed by atoms with Crippen molar-refractivity contribution in [2.45, 2.75) is 4.90 Å². The van der Waals surface area contributed by atoms with E-state index in [4.69, 9.17) is 9.47 Å². The number of anilines is 1. The Morgan fingerprint density at radius 1 is 1.04 bits per heavy atom. The van der Waals surface area contributed by atoms with Gasteiger partial charge in [-0.3, -0.25) is 4.79 Å². The summed E-state index contributed by atoms with van der Waals surface area (Å²) < 4.78 is 37.0. The number of rotatable bonds is 5. The molecule has 1 amide bonds. The van der Waals surface area contributed by atoms with Gasteiger partial charge in [0.15, 0.2) is 6.54 Å². The van der Waals surface area contributed by atoms with Crippen molar-refractivity contribution in [2.24, 2.45) is 0 Å². The number of amides is 1. The van der Waals surface area contributed by atoms with Crippen molar-refractivity contribution in [1.29, 1.82) is 0 Å². The monoisotopic (exact) mass is 370 g/mol. The van der Waals surface area contributed by atoms with Crippen LogP contribution in [0.25, 0.3) is 0 Å².